The minimum Gasteiger partial charge on any atom is -0.492 e. The molecule has 3 aromatic carbocycles. The van der Waals surface area contributed by atoms with Crippen LogP contribution in [0, 0.1) is 5.92 Å². The molecule has 0 bridgehead atoms. The van der Waals surface area contributed by atoms with Gasteiger partial charge in [-0.2, -0.15) is 0 Å². The number of carbonyl (C=O) groups is 2. The summed E-state index contributed by atoms with van der Waals surface area (Å²) in [6.07, 6.45) is 7.84. The predicted octanol–water partition coefficient (Wildman–Crippen LogP) is 6.93. The fourth-order valence-electron chi connectivity index (χ4n) is 5.70. The van der Waals surface area contributed by atoms with Gasteiger partial charge in [0.2, 0.25) is 0 Å². The number of ether oxygens (including phenoxy) is 1. The summed E-state index contributed by atoms with van der Waals surface area (Å²) in [7, 11) is 5.10. The van der Waals surface area contributed by atoms with Crippen molar-refractivity contribution in [1.82, 2.24) is 10.4 Å². The second-order valence-electron chi connectivity index (χ2n) is 11.7. The monoisotopic (exact) mass is 691 g/mol. The summed E-state index contributed by atoms with van der Waals surface area (Å²) in [6.45, 7) is 2.40. The van der Waals surface area contributed by atoms with Gasteiger partial charge >= 0.3 is 7.75 Å². The fourth-order valence-corrected chi connectivity index (χ4v) is 7.44. The molecular weight excluding hydrogens is 651 g/mol. The number of amides is 2. The molecule has 47 heavy (non-hydrogen) atoms. The Balaban J connectivity index is 1.18. The van der Waals surface area contributed by atoms with Gasteiger partial charge in [0.05, 0.1) is 24.8 Å². The Morgan fingerprint density at radius 3 is 2.38 bits per heavy atom. The molecule has 0 spiro atoms. The van der Waals surface area contributed by atoms with Crippen molar-refractivity contribution >= 4 is 47.9 Å². The molecule has 0 radical (unpaired) electrons. The summed E-state index contributed by atoms with van der Waals surface area (Å²) in [4.78, 5) is 25.3. The van der Waals surface area contributed by atoms with Gasteiger partial charge in [-0.1, -0.05) is 49.6 Å². The number of nitrogens with one attached hydrogen (secondary N) is 2. The first kappa shape index (κ1) is 34.8. The van der Waals surface area contributed by atoms with Crippen LogP contribution in [0.15, 0.2) is 78.4 Å². The molecule has 5 rings (SSSR count). The van der Waals surface area contributed by atoms with E-state index in [0.29, 0.717) is 29.4 Å². The molecule has 3 aromatic rings. The van der Waals surface area contributed by atoms with E-state index in [1.807, 2.05) is 43.3 Å². The molecule has 2 aliphatic rings. The summed E-state index contributed by atoms with van der Waals surface area (Å²) >= 11 is 0. The lowest BCUT2D eigenvalue weighted by Gasteiger charge is -2.23. The van der Waals surface area contributed by atoms with Crippen LogP contribution in [0.4, 0.5) is 0 Å². The molecule has 1 saturated carbocycles. The summed E-state index contributed by atoms with van der Waals surface area (Å²) in [5.41, 5.74) is 9.87. The summed E-state index contributed by atoms with van der Waals surface area (Å²) in [5.74, 6) is 0.292. The average Bonchev–Trinajstić information content (AvgIpc) is 3.09. The number of allylic oxidation sites excluding steroid dienone is 1. The van der Waals surface area contributed by atoms with E-state index in [-0.39, 0.29) is 23.8 Å². The molecule has 2 atom stereocenters. The molecule has 0 heterocycles. The summed E-state index contributed by atoms with van der Waals surface area (Å²) in [5, 5.41) is 7.32. The third-order valence-corrected chi connectivity index (χ3v) is 10.9. The van der Waals surface area contributed by atoms with E-state index >= 15 is 0 Å². The molecule has 2 unspecified atom stereocenters. The van der Waals surface area contributed by atoms with Crippen molar-refractivity contribution < 1.29 is 27.9 Å². The zero-order valence-corrected chi connectivity index (χ0v) is 29.4. The van der Waals surface area contributed by atoms with Gasteiger partial charge in [-0.25, -0.2) is 9.65 Å². The van der Waals surface area contributed by atoms with Crippen LogP contribution in [0.2, 0.25) is 0 Å². The standard InChI is InChI=1S/C35H40N3O6P3/c1-22(25-14-17-31(30(18-25)34(36)39)42-20-23-8-4-3-5-9-23)38-35(40)24-12-15-27(16-13-24)44-47(41,37-2)43-21-26-19-32(45)28-10-6-7-11-29(28)33(26)46/h6-7,10-19,22-23,45-46H,3-5,8-9,20-21H2,1-2H3,(H2,36,39)(H,37,41)(H,38,40). The van der Waals surface area contributed by atoms with Crippen LogP contribution in [0.5, 0.6) is 11.5 Å². The van der Waals surface area contributed by atoms with Crippen molar-refractivity contribution in [3.8, 4) is 11.5 Å². The number of primary amides is 1. The van der Waals surface area contributed by atoms with Gasteiger partial charge in [0.25, 0.3) is 11.8 Å². The Hall–Kier alpha value is -3.57. The topological polar surface area (TPSA) is 129 Å². The Morgan fingerprint density at radius 2 is 1.70 bits per heavy atom. The van der Waals surface area contributed by atoms with E-state index < -0.39 is 19.7 Å². The number of benzene rings is 3. The first-order valence-corrected chi connectivity index (χ1v) is 18.2. The van der Waals surface area contributed by atoms with Crippen LogP contribution in [0.3, 0.4) is 0 Å². The highest BCUT2D eigenvalue weighted by molar-refractivity contribution is 7.52. The maximum absolute atomic E-state index is 13.4. The quantitative estimate of drug-likeness (QED) is 0.166. The van der Waals surface area contributed by atoms with E-state index in [1.165, 1.54) is 26.3 Å². The Morgan fingerprint density at radius 1 is 1.00 bits per heavy atom. The highest BCUT2D eigenvalue weighted by atomic mass is 31.2. The van der Waals surface area contributed by atoms with Crippen molar-refractivity contribution in [2.24, 2.45) is 11.7 Å². The molecular formula is C35H40N3O6P3. The average molecular weight is 692 g/mol. The van der Waals surface area contributed by atoms with Crippen molar-refractivity contribution in [3.63, 3.8) is 0 Å². The zero-order valence-electron chi connectivity index (χ0n) is 26.5. The second kappa shape index (κ2) is 15.6. The van der Waals surface area contributed by atoms with Crippen LogP contribution in [0.25, 0.3) is 0 Å². The summed E-state index contributed by atoms with van der Waals surface area (Å²) < 4.78 is 30.9. The zero-order chi connectivity index (χ0) is 33.6. The van der Waals surface area contributed by atoms with E-state index in [9.17, 15) is 14.2 Å². The maximum Gasteiger partial charge on any atom is 0.458 e. The number of hydrogen-bond donors (Lipinski definition) is 3. The van der Waals surface area contributed by atoms with Crippen LogP contribution in [-0.4, -0.2) is 42.7 Å². The molecule has 246 valence electrons. The molecule has 0 aromatic heterocycles. The maximum atomic E-state index is 13.4. The number of carbonyl (C=O) groups excluding carboxylic acids is 2. The Labute approximate surface area is 280 Å². The molecule has 1 fully saturated rings. The molecule has 0 aliphatic heterocycles. The van der Waals surface area contributed by atoms with Crippen LogP contribution in [0.1, 0.15) is 82.5 Å². The fraction of sp³-hybridized carbons (Fsp3) is 0.314. The van der Waals surface area contributed by atoms with Gasteiger partial charge < -0.3 is 20.3 Å². The van der Waals surface area contributed by atoms with Crippen LogP contribution in [-0.2, 0) is 9.09 Å². The van der Waals surface area contributed by atoms with Gasteiger partial charge in [-0.05, 0) is 97.5 Å². The summed E-state index contributed by atoms with van der Waals surface area (Å²) in [6, 6.07) is 19.0. The normalized spacial score (nSPS) is 16.8. The van der Waals surface area contributed by atoms with E-state index in [4.69, 9.17) is 19.5 Å². The van der Waals surface area contributed by atoms with Gasteiger partial charge in [-0.15, -0.1) is 17.7 Å². The van der Waals surface area contributed by atoms with Gasteiger partial charge in [0, 0.05) is 16.2 Å². The van der Waals surface area contributed by atoms with E-state index in [2.05, 4.69) is 28.1 Å². The Bertz CT molecular complexity index is 1750. The lowest BCUT2D eigenvalue weighted by molar-refractivity contribution is 0.0939. The lowest BCUT2D eigenvalue weighted by atomic mass is 9.90. The lowest BCUT2D eigenvalue weighted by Crippen LogP contribution is -2.27. The molecule has 2 amide bonds. The van der Waals surface area contributed by atoms with Gasteiger partial charge in [-0.3, -0.25) is 14.1 Å². The minimum atomic E-state index is -3.75. The third kappa shape index (κ3) is 8.67. The molecule has 2 aliphatic carbocycles. The highest BCUT2D eigenvalue weighted by Gasteiger charge is 2.27. The number of hydrogen-bond acceptors (Lipinski definition) is 6. The highest BCUT2D eigenvalue weighted by Crippen LogP contribution is 2.44. The minimum absolute atomic E-state index is 0.0166. The first-order valence-electron chi connectivity index (χ1n) is 15.7. The number of nitrogens with two attached hydrogens (primary N) is 1. The molecule has 4 N–H and O–H groups in total. The third-order valence-electron chi connectivity index (χ3n) is 8.45. The van der Waals surface area contributed by atoms with Crippen molar-refractivity contribution in [1.29, 1.82) is 0 Å². The number of rotatable bonds is 13. The predicted molar refractivity (Wildman–Crippen MR) is 192 cm³/mol. The molecule has 9 nitrogen and oxygen atoms in total. The smallest absolute Gasteiger partial charge is 0.458 e. The molecule has 0 saturated heterocycles. The SMILES string of the molecule is CNP(=O)(OCC1=CC(=P)c2ccccc2C1=P)Oc1ccc(C(=O)NC(C)c2ccc(OCC3CCCCC3)c(C(N)=O)c2)cc1. The van der Waals surface area contributed by atoms with Crippen molar-refractivity contribution in [2.45, 2.75) is 45.1 Å². The first-order chi connectivity index (χ1) is 22.6. The largest absolute Gasteiger partial charge is 0.492 e. The Kier molecular flexibility index (Phi) is 11.5. The second-order valence-corrected chi connectivity index (χ2v) is 14.7. The van der Waals surface area contributed by atoms with Crippen LogP contribution >= 0.6 is 25.5 Å². The van der Waals surface area contributed by atoms with E-state index in [1.54, 1.807) is 36.4 Å². The van der Waals surface area contributed by atoms with Gasteiger partial charge in [0.1, 0.15) is 11.5 Å². The number of fused-ring (bicyclic) bond motifs is 1. The van der Waals surface area contributed by atoms with Crippen molar-refractivity contribution in [2.75, 3.05) is 20.3 Å². The van der Waals surface area contributed by atoms with Gasteiger partial charge in [0.15, 0.2) is 0 Å². The van der Waals surface area contributed by atoms with E-state index in [0.717, 1.165) is 40.1 Å². The van der Waals surface area contributed by atoms with Crippen molar-refractivity contribution in [3.05, 3.63) is 106 Å². The van der Waals surface area contributed by atoms with Crippen LogP contribution < -0.4 is 25.4 Å². The molecule has 12 heteroatoms.